The molecular formula is C27H25NO3. The van der Waals surface area contributed by atoms with E-state index in [2.05, 4.69) is 72.0 Å². The fourth-order valence-electron chi connectivity index (χ4n) is 4.51. The number of hydrogen-bond donors (Lipinski definition) is 2. The summed E-state index contributed by atoms with van der Waals surface area (Å²) < 4.78 is 6.16. The highest BCUT2D eigenvalue weighted by Gasteiger charge is 2.23. The van der Waals surface area contributed by atoms with Crippen LogP contribution < -0.4 is 5.32 Å². The van der Waals surface area contributed by atoms with Crippen molar-refractivity contribution in [2.24, 2.45) is 0 Å². The summed E-state index contributed by atoms with van der Waals surface area (Å²) in [6.07, 6.45) is 3.05. The first-order chi connectivity index (χ1) is 15.2. The van der Waals surface area contributed by atoms with E-state index in [0.29, 0.717) is 6.54 Å². The number of carboxylic acids is 1. The maximum absolute atomic E-state index is 10.8. The van der Waals surface area contributed by atoms with E-state index in [1.165, 1.54) is 22.3 Å². The molecule has 1 atom stereocenters. The quantitative estimate of drug-likeness (QED) is 0.407. The third-order valence-corrected chi connectivity index (χ3v) is 6.07. The molecule has 1 aromatic heterocycles. The Kier molecular flexibility index (Phi) is 5.31. The van der Waals surface area contributed by atoms with Crippen molar-refractivity contribution in [1.29, 1.82) is 0 Å². The molecule has 0 saturated heterocycles. The fourth-order valence-corrected chi connectivity index (χ4v) is 4.51. The summed E-state index contributed by atoms with van der Waals surface area (Å²) in [6, 6.07) is 25.8. The third-order valence-electron chi connectivity index (χ3n) is 6.07. The van der Waals surface area contributed by atoms with Crippen molar-refractivity contribution in [2.45, 2.75) is 31.7 Å². The highest BCUT2D eigenvalue weighted by molar-refractivity contribution is 5.83. The van der Waals surface area contributed by atoms with Gasteiger partial charge in [0, 0.05) is 23.5 Å². The number of aliphatic carboxylic acids is 1. The van der Waals surface area contributed by atoms with Gasteiger partial charge in [-0.3, -0.25) is 4.79 Å². The highest BCUT2D eigenvalue weighted by atomic mass is 16.4. The van der Waals surface area contributed by atoms with Crippen molar-refractivity contribution in [3.8, 4) is 11.3 Å². The van der Waals surface area contributed by atoms with Gasteiger partial charge in [-0.25, -0.2) is 0 Å². The van der Waals surface area contributed by atoms with Crippen LogP contribution in [0.15, 0.2) is 77.2 Å². The lowest BCUT2D eigenvalue weighted by Gasteiger charge is -2.13. The molecule has 4 nitrogen and oxygen atoms in total. The van der Waals surface area contributed by atoms with E-state index in [9.17, 15) is 4.79 Å². The van der Waals surface area contributed by atoms with Crippen LogP contribution in [0.4, 0.5) is 0 Å². The van der Waals surface area contributed by atoms with Crippen molar-refractivity contribution in [3.05, 3.63) is 95.1 Å². The van der Waals surface area contributed by atoms with Gasteiger partial charge >= 0.3 is 5.97 Å². The van der Waals surface area contributed by atoms with Gasteiger partial charge in [0.1, 0.15) is 11.3 Å². The standard InChI is InChI=1S/C27H25NO3/c29-27(30)12-13-28-24-10-8-20-16-21(7-9-23(20)24)26-17-22-15-19(6-11-25(22)31-26)14-18-4-2-1-3-5-18/h1-7,9,11,15-17,24,28H,8,10,12-14H2,(H,29,30). The number of rotatable bonds is 7. The molecule has 0 bridgehead atoms. The van der Waals surface area contributed by atoms with Crippen molar-refractivity contribution >= 4 is 16.9 Å². The zero-order chi connectivity index (χ0) is 21.2. The predicted molar refractivity (Wildman–Crippen MR) is 122 cm³/mol. The Morgan fingerprint density at radius 2 is 1.87 bits per heavy atom. The second kappa shape index (κ2) is 8.40. The average molecular weight is 412 g/mol. The molecule has 0 fully saturated rings. The first-order valence-electron chi connectivity index (χ1n) is 10.8. The third kappa shape index (κ3) is 4.25. The Bertz CT molecular complexity index is 1230. The minimum Gasteiger partial charge on any atom is -0.481 e. The Morgan fingerprint density at radius 1 is 1.00 bits per heavy atom. The van der Waals surface area contributed by atoms with Gasteiger partial charge in [-0.05, 0) is 65.8 Å². The van der Waals surface area contributed by atoms with E-state index in [0.717, 1.165) is 41.6 Å². The smallest absolute Gasteiger partial charge is 0.304 e. The summed E-state index contributed by atoms with van der Waals surface area (Å²) in [6.45, 7) is 0.496. The molecule has 4 heteroatoms. The lowest BCUT2D eigenvalue weighted by molar-refractivity contribution is -0.136. The van der Waals surface area contributed by atoms with E-state index in [1.807, 2.05) is 6.07 Å². The molecule has 1 heterocycles. The number of carboxylic acid groups (broad SMARTS) is 1. The molecule has 3 aromatic carbocycles. The van der Waals surface area contributed by atoms with Crippen LogP contribution in [0.2, 0.25) is 0 Å². The fraction of sp³-hybridized carbons (Fsp3) is 0.222. The monoisotopic (exact) mass is 411 g/mol. The van der Waals surface area contributed by atoms with Crippen molar-refractivity contribution in [2.75, 3.05) is 6.54 Å². The minimum absolute atomic E-state index is 0.148. The van der Waals surface area contributed by atoms with Gasteiger partial charge in [0.05, 0.1) is 6.42 Å². The van der Waals surface area contributed by atoms with Crippen molar-refractivity contribution in [1.82, 2.24) is 5.32 Å². The first-order valence-corrected chi connectivity index (χ1v) is 10.8. The summed E-state index contributed by atoms with van der Waals surface area (Å²) in [5.74, 6) is 0.120. The molecule has 0 spiro atoms. The summed E-state index contributed by atoms with van der Waals surface area (Å²) in [4.78, 5) is 10.8. The Hall–Kier alpha value is -3.37. The SMILES string of the molecule is O=C(O)CCNC1CCc2cc(-c3cc4cc(Cc5ccccc5)ccc4o3)ccc21. The molecule has 5 rings (SSSR count). The molecule has 156 valence electrons. The number of nitrogens with one attached hydrogen (secondary N) is 1. The zero-order valence-electron chi connectivity index (χ0n) is 17.3. The predicted octanol–water partition coefficient (Wildman–Crippen LogP) is 5.74. The van der Waals surface area contributed by atoms with Crippen molar-refractivity contribution < 1.29 is 14.3 Å². The van der Waals surface area contributed by atoms with E-state index in [-0.39, 0.29) is 12.5 Å². The van der Waals surface area contributed by atoms with Gasteiger partial charge in [0.2, 0.25) is 0 Å². The van der Waals surface area contributed by atoms with Gasteiger partial charge < -0.3 is 14.8 Å². The normalized spacial score (nSPS) is 15.3. The maximum atomic E-state index is 10.8. The van der Waals surface area contributed by atoms with Crippen LogP contribution in [0.5, 0.6) is 0 Å². The summed E-state index contributed by atoms with van der Waals surface area (Å²) in [7, 11) is 0. The van der Waals surface area contributed by atoms with Crippen LogP contribution in [-0.2, 0) is 17.6 Å². The number of furan rings is 1. The van der Waals surface area contributed by atoms with Crippen LogP contribution in [0.25, 0.3) is 22.3 Å². The molecule has 0 aliphatic heterocycles. The van der Waals surface area contributed by atoms with Gasteiger partial charge in [0.25, 0.3) is 0 Å². The van der Waals surface area contributed by atoms with Gasteiger partial charge in [-0.15, -0.1) is 0 Å². The van der Waals surface area contributed by atoms with Gasteiger partial charge in [0.15, 0.2) is 0 Å². The van der Waals surface area contributed by atoms with Gasteiger partial charge in [-0.1, -0.05) is 48.5 Å². The van der Waals surface area contributed by atoms with E-state index >= 15 is 0 Å². The van der Waals surface area contributed by atoms with E-state index in [4.69, 9.17) is 9.52 Å². The molecule has 0 radical (unpaired) electrons. The summed E-state index contributed by atoms with van der Waals surface area (Å²) >= 11 is 0. The number of fused-ring (bicyclic) bond motifs is 2. The molecule has 2 N–H and O–H groups in total. The second-order valence-corrected chi connectivity index (χ2v) is 8.25. The van der Waals surface area contributed by atoms with Crippen LogP contribution in [-0.4, -0.2) is 17.6 Å². The van der Waals surface area contributed by atoms with Crippen LogP contribution in [0.3, 0.4) is 0 Å². The van der Waals surface area contributed by atoms with E-state index in [1.54, 1.807) is 0 Å². The molecular weight excluding hydrogens is 386 g/mol. The van der Waals surface area contributed by atoms with Crippen LogP contribution in [0, 0.1) is 0 Å². The second-order valence-electron chi connectivity index (χ2n) is 8.25. The molecule has 4 aromatic rings. The lowest BCUT2D eigenvalue weighted by atomic mass is 10.0. The topological polar surface area (TPSA) is 62.5 Å². The van der Waals surface area contributed by atoms with Crippen LogP contribution in [0.1, 0.15) is 41.1 Å². The Balaban J connectivity index is 1.35. The largest absolute Gasteiger partial charge is 0.481 e. The molecule has 31 heavy (non-hydrogen) atoms. The van der Waals surface area contributed by atoms with E-state index < -0.39 is 5.97 Å². The molecule has 1 unspecified atom stereocenters. The molecule has 1 aliphatic rings. The maximum Gasteiger partial charge on any atom is 0.304 e. The summed E-state index contributed by atoms with van der Waals surface area (Å²) in [5, 5.41) is 13.3. The highest BCUT2D eigenvalue weighted by Crippen LogP contribution is 2.36. The molecule has 1 aliphatic carbocycles. The zero-order valence-corrected chi connectivity index (χ0v) is 17.3. The number of hydrogen-bond acceptors (Lipinski definition) is 3. The Morgan fingerprint density at radius 3 is 2.71 bits per heavy atom. The Labute approximate surface area is 181 Å². The van der Waals surface area contributed by atoms with Gasteiger partial charge in [-0.2, -0.15) is 0 Å². The molecule has 0 amide bonds. The first kappa shape index (κ1) is 19.6. The lowest BCUT2D eigenvalue weighted by Crippen LogP contribution is -2.22. The summed E-state index contributed by atoms with van der Waals surface area (Å²) in [5.41, 5.74) is 7.16. The number of carbonyl (C=O) groups is 1. The van der Waals surface area contributed by atoms with Crippen molar-refractivity contribution in [3.63, 3.8) is 0 Å². The van der Waals surface area contributed by atoms with Crippen LogP contribution >= 0.6 is 0 Å². The average Bonchev–Trinajstić information content (AvgIpc) is 3.38. The molecule has 0 saturated carbocycles. The number of benzene rings is 3. The number of aryl methyl sites for hydroxylation is 1. The minimum atomic E-state index is -0.766.